The fourth-order valence-corrected chi connectivity index (χ4v) is 3.21. The van der Waals surface area contributed by atoms with Gasteiger partial charge in [-0.25, -0.2) is 4.98 Å². The van der Waals surface area contributed by atoms with Crippen LogP contribution in [0.2, 0.25) is 0 Å². The number of aromatic nitrogens is 2. The van der Waals surface area contributed by atoms with Crippen LogP contribution in [0.3, 0.4) is 0 Å². The van der Waals surface area contributed by atoms with Gasteiger partial charge in [0.2, 0.25) is 11.8 Å². The Labute approximate surface area is 152 Å². The van der Waals surface area contributed by atoms with E-state index in [1.165, 1.54) is 0 Å². The lowest BCUT2D eigenvalue weighted by molar-refractivity contribution is -0.129. The highest BCUT2D eigenvalue weighted by Crippen LogP contribution is 2.21. The van der Waals surface area contributed by atoms with E-state index in [0.717, 1.165) is 16.3 Å². The van der Waals surface area contributed by atoms with Crippen molar-refractivity contribution in [2.24, 2.45) is 0 Å². The van der Waals surface area contributed by atoms with E-state index in [1.54, 1.807) is 6.20 Å². The molecule has 0 radical (unpaired) electrons. The number of benzene rings is 1. The minimum absolute atomic E-state index is 0.0355. The Morgan fingerprint density at radius 3 is 3.04 bits per heavy atom. The summed E-state index contributed by atoms with van der Waals surface area (Å²) in [5, 5.41) is 4.92. The second-order valence-corrected chi connectivity index (χ2v) is 6.90. The number of fused-ring (bicyclic) bond motifs is 1. The third-order valence-corrected chi connectivity index (χ3v) is 4.73. The van der Waals surface area contributed by atoms with Crippen LogP contribution in [0.1, 0.15) is 12.1 Å². The summed E-state index contributed by atoms with van der Waals surface area (Å²) in [6, 6.07) is 11.3. The van der Waals surface area contributed by atoms with Crippen molar-refractivity contribution in [3.8, 4) is 5.88 Å². The Bertz CT molecular complexity index is 894. The maximum atomic E-state index is 12.6. The molecule has 0 N–H and O–H groups in total. The van der Waals surface area contributed by atoms with E-state index >= 15 is 0 Å². The van der Waals surface area contributed by atoms with Crippen molar-refractivity contribution in [3.63, 3.8) is 0 Å². The monoisotopic (exact) mass is 401 g/mol. The standard InChI is InChI=1S/C18H16BrN3O3/c19-12-5-6-17(20-10-12)24-13-7-8-22(11-13)18(23)9-15-14-3-1-2-4-16(14)25-21-15/h1-6,10,13H,7-9,11H2. The van der Waals surface area contributed by atoms with Crippen LogP contribution in [-0.4, -0.2) is 40.1 Å². The minimum Gasteiger partial charge on any atom is -0.472 e. The van der Waals surface area contributed by atoms with E-state index in [2.05, 4.69) is 26.1 Å². The Balaban J connectivity index is 1.38. The number of nitrogens with zero attached hydrogens (tertiary/aromatic N) is 3. The number of para-hydroxylation sites is 1. The average molecular weight is 402 g/mol. The average Bonchev–Trinajstić information content (AvgIpc) is 3.25. The summed E-state index contributed by atoms with van der Waals surface area (Å²) in [5.41, 5.74) is 1.38. The van der Waals surface area contributed by atoms with Crippen molar-refractivity contribution in [2.75, 3.05) is 13.1 Å². The molecule has 0 bridgehead atoms. The molecule has 0 saturated carbocycles. The molecule has 0 spiro atoms. The van der Waals surface area contributed by atoms with Gasteiger partial charge in [0.25, 0.3) is 0 Å². The van der Waals surface area contributed by atoms with Crippen LogP contribution in [0, 0.1) is 0 Å². The number of rotatable bonds is 4. The normalized spacial score (nSPS) is 17.2. The van der Waals surface area contributed by atoms with Crippen LogP contribution >= 0.6 is 15.9 Å². The van der Waals surface area contributed by atoms with Crippen LogP contribution in [0.5, 0.6) is 5.88 Å². The zero-order valence-corrected chi connectivity index (χ0v) is 15.0. The predicted molar refractivity (Wildman–Crippen MR) is 95.3 cm³/mol. The molecule has 3 aromatic rings. The molecule has 6 nitrogen and oxygen atoms in total. The molecule has 1 aliphatic rings. The van der Waals surface area contributed by atoms with Gasteiger partial charge < -0.3 is 14.2 Å². The summed E-state index contributed by atoms with van der Waals surface area (Å²) >= 11 is 3.35. The SMILES string of the molecule is O=C(Cc1noc2ccccc12)N1CCC(Oc2ccc(Br)cn2)C1. The first kappa shape index (κ1) is 16.1. The fraction of sp³-hybridized carbons (Fsp3) is 0.278. The number of likely N-dealkylation sites (tertiary alicyclic amines) is 1. The number of carbonyl (C=O) groups is 1. The number of hydrogen-bond acceptors (Lipinski definition) is 5. The van der Waals surface area contributed by atoms with Crippen molar-refractivity contribution in [2.45, 2.75) is 18.9 Å². The van der Waals surface area contributed by atoms with Crippen LogP contribution < -0.4 is 4.74 Å². The van der Waals surface area contributed by atoms with Gasteiger partial charge in [-0.15, -0.1) is 0 Å². The smallest absolute Gasteiger partial charge is 0.228 e. The summed E-state index contributed by atoms with van der Waals surface area (Å²) < 4.78 is 12.0. The molecule has 1 saturated heterocycles. The number of amides is 1. The molecule has 128 valence electrons. The van der Waals surface area contributed by atoms with Crippen LogP contribution in [0.25, 0.3) is 11.0 Å². The number of ether oxygens (including phenoxy) is 1. The minimum atomic E-state index is -0.0355. The van der Waals surface area contributed by atoms with Gasteiger partial charge in [-0.1, -0.05) is 17.3 Å². The molecule has 1 aliphatic heterocycles. The number of halogens is 1. The van der Waals surface area contributed by atoms with E-state index in [1.807, 2.05) is 41.3 Å². The quantitative estimate of drug-likeness (QED) is 0.671. The van der Waals surface area contributed by atoms with Gasteiger partial charge in [0.15, 0.2) is 5.58 Å². The lowest BCUT2D eigenvalue weighted by Crippen LogP contribution is -2.32. The fourth-order valence-electron chi connectivity index (χ4n) is 2.97. The molecule has 1 unspecified atom stereocenters. The second-order valence-electron chi connectivity index (χ2n) is 5.99. The van der Waals surface area contributed by atoms with E-state index < -0.39 is 0 Å². The lowest BCUT2D eigenvalue weighted by atomic mass is 10.1. The zero-order valence-electron chi connectivity index (χ0n) is 13.4. The van der Waals surface area contributed by atoms with E-state index in [9.17, 15) is 4.79 Å². The third-order valence-electron chi connectivity index (χ3n) is 4.26. The zero-order chi connectivity index (χ0) is 17.2. The summed E-state index contributed by atoms with van der Waals surface area (Å²) in [4.78, 5) is 18.6. The Morgan fingerprint density at radius 2 is 2.20 bits per heavy atom. The Hall–Kier alpha value is -2.41. The topological polar surface area (TPSA) is 68.5 Å². The van der Waals surface area contributed by atoms with Gasteiger partial charge >= 0.3 is 0 Å². The van der Waals surface area contributed by atoms with Gasteiger partial charge in [-0.2, -0.15) is 0 Å². The largest absolute Gasteiger partial charge is 0.472 e. The summed E-state index contributed by atoms with van der Waals surface area (Å²) in [7, 11) is 0. The van der Waals surface area contributed by atoms with E-state index in [4.69, 9.17) is 9.26 Å². The van der Waals surface area contributed by atoms with Gasteiger partial charge in [0.05, 0.1) is 13.0 Å². The van der Waals surface area contributed by atoms with Gasteiger partial charge in [-0.3, -0.25) is 4.79 Å². The molecular weight excluding hydrogens is 386 g/mol. The number of carbonyl (C=O) groups excluding carboxylic acids is 1. The molecule has 4 rings (SSSR count). The lowest BCUT2D eigenvalue weighted by Gasteiger charge is -2.16. The molecule has 0 aliphatic carbocycles. The molecule has 3 heterocycles. The van der Waals surface area contributed by atoms with Crippen LogP contribution in [-0.2, 0) is 11.2 Å². The molecule has 7 heteroatoms. The Morgan fingerprint density at radius 1 is 1.32 bits per heavy atom. The maximum Gasteiger partial charge on any atom is 0.228 e. The number of pyridine rings is 1. The molecule has 1 aromatic carbocycles. The molecule has 1 amide bonds. The molecule has 1 fully saturated rings. The maximum absolute atomic E-state index is 12.6. The first-order valence-corrected chi connectivity index (χ1v) is 8.87. The summed E-state index contributed by atoms with van der Waals surface area (Å²) in [6.45, 7) is 1.24. The van der Waals surface area contributed by atoms with Crippen molar-refractivity contribution in [1.29, 1.82) is 0 Å². The highest BCUT2D eigenvalue weighted by atomic mass is 79.9. The first-order valence-electron chi connectivity index (χ1n) is 8.08. The third kappa shape index (κ3) is 3.51. The van der Waals surface area contributed by atoms with Gasteiger partial charge in [0, 0.05) is 35.1 Å². The van der Waals surface area contributed by atoms with Gasteiger partial charge in [-0.05, 0) is 34.1 Å². The molecule has 1 atom stereocenters. The van der Waals surface area contributed by atoms with Crippen molar-refractivity contribution in [1.82, 2.24) is 15.0 Å². The highest BCUT2D eigenvalue weighted by Gasteiger charge is 2.28. The van der Waals surface area contributed by atoms with Gasteiger partial charge in [0.1, 0.15) is 11.8 Å². The first-order chi connectivity index (χ1) is 12.2. The van der Waals surface area contributed by atoms with Crippen molar-refractivity contribution < 1.29 is 14.1 Å². The highest BCUT2D eigenvalue weighted by molar-refractivity contribution is 9.10. The van der Waals surface area contributed by atoms with Crippen LogP contribution in [0.15, 0.2) is 51.6 Å². The van der Waals surface area contributed by atoms with E-state index in [-0.39, 0.29) is 18.4 Å². The second kappa shape index (κ2) is 6.84. The molecule has 25 heavy (non-hydrogen) atoms. The van der Waals surface area contributed by atoms with Crippen molar-refractivity contribution in [3.05, 3.63) is 52.8 Å². The number of hydrogen-bond donors (Lipinski definition) is 0. The summed E-state index contributed by atoms with van der Waals surface area (Å²) in [5.74, 6) is 0.610. The molecular formula is C18H16BrN3O3. The van der Waals surface area contributed by atoms with Crippen LogP contribution in [0.4, 0.5) is 0 Å². The molecule has 2 aromatic heterocycles. The predicted octanol–water partition coefficient (Wildman–Crippen LogP) is 3.21. The van der Waals surface area contributed by atoms with E-state index in [0.29, 0.717) is 30.2 Å². The Kier molecular flexibility index (Phi) is 4.40. The summed E-state index contributed by atoms with van der Waals surface area (Å²) in [6.07, 6.45) is 2.69. The van der Waals surface area contributed by atoms with Crippen molar-refractivity contribution >= 4 is 32.8 Å².